The number of benzene rings is 2. The van der Waals surface area contributed by atoms with Crippen LogP contribution in [0.4, 0.5) is 0 Å². The van der Waals surface area contributed by atoms with Crippen LogP contribution in [0.15, 0.2) is 73.1 Å². The molecule has 0 bridgehead atoms. The van der Waals surface area contributed by atoms with E-state index >= 15 is 0 Å². The lowest BCUT2D eigenvalue weighted by molar-refractivity contribution is -0.130. The molecule has 1 saturated heterocycles. The number of amides is 1. The Morgan fingerprint density at radius 2 is 1.48 bits per heavy atom. The van der Waals surface area contributed by atoms with Gasteiger partial charge in [-0.25, -0.2) is 0 Å². The van der Waals surface area contributed by atoms with E-state index in [1.165, 1.54) is 0 Å². The summed E-state index contributed by atoms with van der Waals surface area (Å²) in [7, 11) is 0. The van der Waals surface area contributed by atoms with Crippen LogP contribution in [-0.2, 0) is 4.79 Å². The number of carbonyl (C=O) groups is 1. The van der Waals surface area contributed by atoms with E-state index in [0.717, 1.165) is 24.1 Å². The van der Waals surface area contributed by atoms with Crippen LogP contribution >= 0.6 is 0 Å². The van der Waals surface area contributed by atoms with Gasteiger partial charge in [-0.1, -0.05) is 60.7 Å². The molecule has 0 aliphatic carbocycles. The molecule has 4 rings (SSSR count). The maximum atomic E-state index is 13.3. The van der Waals surface area contributed by atoms with E-state index < -0.39 is 0 Å². The first-order chi connectivity index (χ1) is 12.3. The van der Waals surface area contributed by atoms with Gasteiger partial charge in [-0.2, -0.15) is 15.0 Å². The highest BCUT2D eigenvalue weighted by atomic mass is 16.2. The molecule has 5 nitrogen and oxygen atoms in total. The van der Waals surface area contributed by atoms with Crippen LogP contribution < -0.4 is 0 Å². The van der Waals surface area contributed by atoms with Gasteiger partial charge in [0.25, 0.3) is 0 Å². The molecule has 1 aliphatic heterocycles. The van der Waals surface area contributed by atoms with Crippen molar-refractivity contribution in [3.05, 3.63) is 84.2 Å². The normalized spacial score (nSPS) is 17.2. The molecule has 2 aromatic carbocycles. The van der Waals surface area contributed by atoms with Crippen molar-refractivity contribution >= 4 is 5.91 Å². The first-order valence-corrected chi connectivity index (χ1v) is 8.57. The monoisotopic (exact) mass is 332 g/mol. The van der Waals surface area contributed by atoms with Crippen molar-refractivity contribution in [3.63, 3.8) is 0 Å². The zero-order valence-electron chi connectivity index (χ0n) is 13.9. The Morgan fingerprint density at radius 3 is 2.04 bits per heavy atom. The molecule has 1 fully saturated rings. The van der Waals surface area contributed by atoms with Gasteiger partial charge in [-0.15, -0.1) is 0 Å². The molecule has 1 unspecified atom stereocenters. The van der Waals surface area contributed by atoms with Crippen molar-refractivity contribution in [2.45, 2.75) is 18.4 Å². The molecule has 0 radical (unpaired) electrons. The Morgan fingerprint density at radius 1 is 0.920 bits per heavy atom. The fourth-order valence-electron chi connectivity index (χ4n) is 3.50. The molecule has 126 valence electrons. The Labute approximate surface area is 146 Å². The molecular weight excluding hydrogens is 312 g/mol. The number of nitrogens with zero attached hydrogens (tertiary/aromatic N) is 4. The molecular formula is C20H20N4O. The van der Waals surface area contributed by atoms with Gasteiger partial charge < -0.3 is 4.90 Å². The average Bonchev–Trinajstić information content (AvgIpc) is 3.35. The SMILES string of the molecule is O=C(C(c1ccccc1)c1ccccc1)N1CCC(n2nccn2)C1. The molecule has 0 saturated carbocycles. The summed E-state index contributed by atoms with van der Waals surface area (Å²) < 4.78 is 0. The Kier molecular flexibility index (Phi) is 4.29. The van der Waals surface area contributed by atoms with Crippen molar-refractivity contribution in [2.24, 2.45) is 0 Å². The van der Waals surface area contributed by atoms with Gasteiger partial charge in [-0.05, 0) is 17.5 Å². The number of rotatable bonds is 4. The van der Waals surface area contributed by atoms with E-state index in [-0.39, 0.29) is 17.9 Å². The lowest BCUT2D eigenvalue weighted by Crippen LogP contribution is -2.34. The third-order valence-electron chi connectivity index (χ3n) is 4.75. The highest BCUT2D eigenvalue weighted by molar-refractivity contribution is 5.87. The molecule has 1 amide bonds. The van der Waals surface area contributed by atoms with Crippen LogP contribution in [0.2, 0.25) is 0 Å². The van der Waals surface area contributed by atoms with Crippen molar-refractivity contribution in [1.29, 1.82) is 0 Å². The topological polar surface area (TPSA) is 51.0 Å². The van der Waals surface area contributed by atoms with Crippen LogP contribution in [-0.4, -0.2) is 38.9 Å². The predicted molar refractivity (Wildman–Crippen MR) is 95.0 cm³/mol. The minimum atomic E-state index is -0.272. The predicted octanol–water partition coefficient (Wildman–Crippen LogP) is 2.88. The van der Waals surface area contributed by atoms with Crippen molar-refractivity contribution in [2.75, 3.05) is 13.1 Å². The molecule has 0 N–H and O–H groups in total. The minimum absolute atomic E-state index is 0.145. The van der Waals surface area contributed by atoms with Crippen LogP contribution in [0.5, 0.6) is 0 Å². The van der Waals surface area contributed by atoms with Gasteiger partial charge in [0.05, 0.1) is 24.4 Å². The minimum Gasteiger partial charge on any atom is -0.340 e. The highest BCUT2D eigenvalue weighted by Crippen LogP contribution is 2.30. The third kappa shape index (κ3) is 3.18. The van der Waals surface area contributed by atoms with Gasteiger partial charge in [0.15, 0.2) is 0 Å². The summed E-state index contributed by atoms with van der Waals surface area (Å²) in [5.41, 5.74) is 2.05. The summed E-state index contributed by atoms with van der Waals surface area (Å²) in [6.45, 7) is 1.39. The van der Waals surface area contributed by atoms with E-state index in [1.54, 1.807) is 17.2 Å². The maximum absolute atomic E-state index is 13.3. The van der Waals surface area contributed by atoms with E-state index in [4.69, 9.17) is 0 Å². The number of aromatic nitrogens is 3. The standard InChI is InChI=1S/C20H20N4O/c25-20(23-14-11-18(15-23)24-21-12-13-22-24)19(16-7-3-1-4-8-16)17-9-5-2-6-10-17/h1-10,12-13,18-19H,11,14-15H2. The van der Waals surface area contributed by atoms with Crippen molar-refractivity contribution in [3.8, 4) is 0 Å². The smallest absolute Gasteiger partial charge is 0.234 e. The summed E-state index contributed by atoms with van der Waals surface area (Å²) in [4.78, 5) is 17.0. The third-order valence-corrected chi connectivity index (χ3v) is 4.75. The molecule has 5 heteroatoms. The van der Waals surface area contributed by atoms with E-state index in [2.05, 4.69) is 10.2 Å². The molecule has 25 heavy (non-hydrogen) atoms. The highest BCUT2D eigenvalue weighted by Gasteiger charge is 2.33. The zero-order chi connectivity index (χ0) is 17.1. The average molecular weight is 332 g/mol. The van der Waals surface area contributed by atoms with Crippen LogP contribution in [0.1, 0.15) is 29.5 Å². The largest absolute Gasteiger partial charge is 0.340 e. The second-order valence-electron chi connectivity index (χ2n) is 6.33. The summed E-state index contributed by atoms with van der Waals surface area (Å²) in [6.07, 6.45) is 4.25. The number of hydrogen-bond acceptors (Lipinski definition) is 3. The van der Waals surface area contributed by atoms with Gasteiger partial charge in [0, 0.05) is 13.1 Å². The summed E-state index contributed by atoms with van der Waals surface area (Å²) in [6, 6.07) is 20.2. The van der Waals surface area contributed by atoms with Crippen LogP contribution in [0, 0.1) is 0 Å². The van der Waals surface area contributed by atoms with Gasteiger partial charge >= 0.3 is 0 Å². The first kappa shape index (κ1) is 15.6. The second kappa shape index (κ2) is 6.89. The van der Waals surface area contributed by atoms with E-state index in [1.807, 2.05) is 65.6 Å². The Bertz CT molecular complexity index is 778. The zero-order valence-corrected chi connectivity index (χ0v) is 13.9. The number of likely N-dealkylation sites (tertiary alicyclic amines) is 1. The van der Waals surface area contributed by atoms with E-state index in [0.29, 0.717) is 6.54 Å². The molecule has 0 spiro atoms. The Balaban J connectivity index is 1.61. The lowest BCUT2D eigenvalue weighted by atomic mass is 9.90. The molecule has 1 aromatic heterocycles. The summed E-state index contributed by atoms with van der Waals surface area (Å²) >= 11 is 0. The molecule has 2 heterocycles. The van der Waals surface area contributed by atoms with Gasteiger partial charge in [0.1, 0.15) is 0 Å². The van der Waals surface area contributed by atoms with Crippen LogP contribution in [0.25, 0.3) is 0 Å². The fourth-order valence-corrected chi connectivity index (χ4v) is 3.50. The second-order valence-corrected chi connectivity index (χ2v) is 6.33. The van der Waals surface area contributed by atoms with Crippen molar-refractivity contribution in [1.82, 2.24) is 19.9 Å². The quantitative estimate of drug-likeness (QED) is 0.738. The number of carbonyl (C=O) groups excluding carboxylic acids is 1. The fraction of sp³-hybridized carbons (Fsp3) is 0.250. The van der Waals surface area contributed by atoms with Crippen LogP contribution in [0.3, 0.4) is 0 Å². The summed E-state index contributed by atoms with van der Waals surface area (Å²) in [5.74, 6) is -0.126. The lowest BCUT2D eigenvalue weighted by Gasteiger charge is -2.24. The van der Waals surface area contributed by atoms with Gasteiger partial charge in [-0.3, -0.25) is 4.79 Å². The molecule has 1 aliphatic rings. The number of hydrogen-bond donors (Lipinski definition) is 0. The van der Waals surface area contributed by atoms with E-state index in [9.17, 15) is 4.79 Å². The van der Waals surface area contributed by atoms with Crippen molar-refractivity contribution < 1.29 is 4.79 Å². The maximum Gasteiger partial charge on any atom is 0.234 e. The van der Waals surface area contributed by atoms with Gasteiger partial charge in [0.2, 0.25) is 5.91 Å². The first-order valence-electron chi connectivity index (χ1n) is 8.57. The Hall–Kier alpha value is -2.95. The molecule has 1 atom stereocenters. The summed E-state index contributed by atoms with van der Waals surface area (Å²) in [5, 5.41) is 8.44. The molecule has 3 aromatic rings.